The Labute approximate surface area is 164 Å². The first kappa shape index (κ1) is 20.8. The zero-order chi connectivity index (χ0) is 20.0. The van der Waals surface area contributed by atoms with Crippen LogP contribution in [0.2, 0.25) is 0 Å². The van der Waals surface area contributed by atoms with Crippen molar-refractivity contribution in [1.82, 2.24) is 0 Å². The minimum atomic E-state index is -0.412. The molecule has 3 aliphatic carbocycles. The van der Waals surface area contributed by atoms with E-state index in [2.05, 4.69) is 40.7 Å². The summed E-state index contributed by atoms with van der Waals surface area (Å²) in [6, 6.07) is 0. The van der Waals surface area contributed by atoms with Gasteiger partial charge in [0.2, 0.25) is 0 Å². The van der Waals surface area contributed by atoms with Gasteiger partial charge in [-0.2, -0.15) is 0 Å². The summed E-state index contributed by atoms with van der Waals surface area (Å²) in [6.45, 7) is 11.0. The lowest BCUT2D eigenvalue weighted by atomic mass is 9.55. The normalized spacial score (nSPS) is 46.4. The maximum absolute atomic E-state index is 11.9. The lowest BCUT2D eigenvalue weighted by Crippen LogP contribution is -2.47. The summed E-state index contributed by atoms with van der Waals surface area (Å²) in [4.78, 5) is 11.9. The van der Waals surface area contributed by atoms with E-state index in [0.29, 0.717) is 18.3 Å². The Morgan fingerprint density at radius 1 is 1.19 bits per heavy atom. The van der Waals surface area contributed by atoms with Gasteiger partial charge in [0, 0.05) is 11.3 Å². The number of carbonyl (C=O) groups is 1. The third-order valence-electron chi connectivity index (χ3n) is 8.80. The molecule has 2 N–H and O–H groups in total. The molecular formula is C24H38O3. The fraction of sp³-hybridized carbons (Fsp3) is 0.792. The zero-order valence-corrected chi connectivity index (χ0v) is 17.7. The number of hydrogen-bond donors (Lipinski definition) is 2. The van der Waals surface area contributed by atoms with Crippen molar-refractivity contribution in [3.63, 3.8) is 0 Å². The fourth-order valence-corrected chi connectivity index (χ4v) is 6.57. The largest absolute Gasteiger partial charge is 0.393 e. The second-order valence-electron chi connectivity index (χ2n) is 9.99. The topological polar surface area (TPSA) is 57.5 Å². The highest BCUT2D eigenvalue weighted by Gasteiger charge is 2.51. The lowest BCUT2D eigenvalue weighted by molar-refractivity contribution is -0.111. The predicted octanol–water partition coefficient (Wildman–Crippen LogP) is 4.68. The van der Waals surface area contributed by atoms with Crippen molar-refractivity contribution in [3.05, 3.63) is 23.8 Å². The molecule has 27 heavy (non-hydrogen) atoms. The molecule has 3 aliphatic rings. The van der Waals surface area contributed by atoms with Crippen molar-refractivity contribution < 1.29 is 15.0 Å². The van der Waals surface area contributed by atoms with E-state index in [1.807, 2.05) is 6.08 Å². The third kappa shape index (κ3) is 3.35. The molecule has 0 spiro atoms. The van der Waals surface area contributed by atoms with Gasteiger partial charge in [0.05, 0.1) is 12.2 Å². The van der Waals surface area contributed by atoms with Gasteiger partial charge in [-0.1, -0.05) is 46.3 Å². The highest BCUT2D eigenvalue weighted by Crippen LogP contribution is 2.56. The Morgan fingerprint density at radius 2 is 1.89 bits per heavy atom. The molecule has 2 saturated carbocycles. The molecule has 3 heteroatoms. The average Bonchev–Trinajstić information content (AvgIpc) is 2.66. The van der Waals surface area contributed by atoms with Gasteiger partial charge in [0.25, 0.3) is 0 Å². The van der Waals surface area contributed by atoms with Crippen LogP contribution in [0.1, 0.15) is 73.1 Å². The van der Waals surface area contributed by atoms with E-state index in [1.54, 1.807) is 6.08 Å². The smallest absolute Gasteiger partial charge is 0.178 e. The van der Waals surface area contributed by atoms with Crippen LogP contribution >= 0.6 is 0 Å². The maximum Gasteiger partial charge on any atom is 0.178 e. The SMILES string of the molecule is CCC(O)[C@@]1(C)[C@H](C)CC[C@@H]2CCC3=CC(=O)C=C[C@]3(C)[C@H]2[C@@H](O)C[C@@H]1C. The van der Waals surface area contributed by atoms with E-state index in [1.165, 1.54) is 5.57 Å². The van der Waals surface area contributed by atoms with Crippen LogP contribution in [0.25, 0.3) is 0 Å². The van der Waals surface area contributed by atoms with Gasteiger partial charge >= 0.3 is 0 Å². The lowest BCUT2D eigenvalue weighted by Gasteiger charge is -2.50. The van der Waals surface area contributed by atoms with Gasteiger partial charge in [0.15, 0.2) is 5.78 Å². The molecule has 0 saturated heterocycles. The molecule has 0 aromatic heterocycles. The molecule has 0 aromatic carbocycles. The van der Waals surface area contributed by atoms with Gasteiger partial charge in [-0.05, 0) is 73.8 Å². The molecule has 0 heterocycles. The van der Waals surface area contributed by atoms with Crippen molar-refractivity contribution in [2.45, 2.75) is 85.4 Å². The van der Waals surface area contributed by atoms with Gasteiger partial charge in [-0.15, -0.1) is 0 Å². The van der Waals surface area contributed by atoms with E-state index in [9.17, 15) is 15.0 Å². The minimum absolute atomic E-state index is 0.0825. The van der Waals surface area contributed by atoms with E-state index in [4.69, 9.17) is 0 Å². The van der Waals surface area contributed by atoms with E-state index < -0.39 is 6.10 Å². The van der Waals surface area contributed by atoms with E-state index >= 15 is 0 Å². The number of carbonyl (C=O) groups excluding carboxylic acids is 1. The fourth-order valence-electron chi connectivity index (χ4n) is 6.57. The highest BCUT2D eigenvalue weighted by molar-refractivity contribution is 6.01. The molecule has 8 atom stereocenters. The Kier molecular flexibility index (Phi) is 5.76. The number of aliphatic hydroxyl groups is 2. The summed E-state index contributed by atoms with van der Waals surface area (Å²) >= 11 is 0. The maximum atomic E-state index is 11.9. The Morgan fingerprint density at radius 3 is 2.56 bits per heavy atom. The first-order valence-electron chi connectivity index (χ1n) is 10.9. The van der Waals surface area contributed by atoms with Gasteiger partial charge in [0.1, 0.15) is 0 Å². The monoisotopic (exact) mass is 374 g/mol. The molecule has 1 unspecified atom stereocenters. The molecule has 0 bridgehead atoms. The number of aliphatic hydroxyl groups excluding tert-OH is 2. The Balaban J connectivity index is 1.97. The first-order chi connectivity index (χ1) is 12.6. The molecule has 0 aliphatic heterocycles. The number of hydrogen-bond acceptors (Lipinski definition) is 3. The molecule has 0 amide bonds. The van der Waals surface area contributed by atoms with E-state index in [-0.39, 0.29) is 34.6 Å². The van der Waals surface area contributed by atoms with Crippen molar-refractivity contribution in [3.8, 4) is 0 Å². The molecular weight excluding hydrogens is 336 g/mol. The molecule has 0 aromatic rings. The van der Waals surface area contributed by atoms with Crippen molar-refractivity contribution >= 4 is 5.78 Å². The second-order valence-corrected chi connectivity index (χ2v) is 9.99. The average molecular weight is 375 g/mol. The Hall–Kier alpha value is -0.930. The molecule has 3 nitrogen and oxygen atoms in total. The van der Waals surface area contributed by atoms with Gasteiger partial charge < -0.3 is 10.2 Å². The van der Waals surface area contributed by atoms with Crippen LogP contribution in [-0.4, -0.2) is 28.2 Å². The van der Waals surface area contributed by atoms with Crippen LogP contribution in [0.15, 0.2) is 23.8 Å². The number of allylic oxidation sites excluding steroid dienone is 4. The van der Waals surface area contributed by atoms with Crippen LogP contribution in [0.3, 0.4) is 0 Å². The summed E-state index contributed by atoms with van der Waals surface area (Å²) < 4.78 is 0. The van der Waals surface area contributed by atoms with Gasteiger partial charge in [-0.3, -0.25) is 4.79 Å². The van der Waals surface area contributed by atoms with Gasteiger partial charge in [-0.25, -0.2) is 0 Å². The predicted molar refractivity (Wildman–Crippen MR) is 109 cm³/mol. The van der Waals surface area contributed by atoms with Crippen molar-refractivity contribution in [1.29, 1.82) is 0 Å². The standard InChI is InChI=1S/C24H38O3/c1-6-21(27)24(5)15(2)7-8-17-9-10-18-14-19(25)11-12-23(18,4)22(17)20(26)13-16(24)3/h11-12,14-17,20-22,26-27H,6-10,13H2,1-5H3/t15-,16+,17-,20+,21?,22-,23+,24+/m1/s1. The second kappa shape index (κ2) is 7.48. The van der Waals surface area contributed by atoms with Crippen LogP contribution < -0.4 is 0 Å². The summed E-state index contributed by atoms with van der Waals surface area (Å²) in [5.74, 6) is 1.36. The molecule has 152 valence electrons. The minimum Gasteiger partial charge on any atom is -0.393 e. The van der Waals surface area contributed by atoms with E-state index in [0.717, 1.165) is 32.1 Å². The van der Waals surface area contributed by atoms with Crippen LogP contribution in [0.4, 0.5) is 0 Å². The van der Waals surface area contributed by atoms with Crippen LogP contribution in [0.5, 0.6) is 0 Å². The van der Waals surface area contributed by atoms with Crippen LogP contribution in [-0.2, 0) is 4.79 Å². The highest BCUT2D eigenvalue weighted by atomic mass is 16.3. The summed E-state index contributed by atoms with van der Waals surface area (Å²) in [6.07, 6.45) is 10.5. The number of ketones is 1. The van der Waals surface area contributed by atoms with Crippen molar-refractivity contribution in [2.75, 3.05) is 0 Å². The number of rotatable bonds is 2. The van der Waals surface area contributed by atoms with Crippen LogP contribution in [0, 0.1) is 34.5 Å². The quantitative estimate of drug-likeness (QED) is 0.738. The summed E-state index contributed by atoms with van der Waals surface area (Å²) in [5, 5.41) is 22.3. The first-order valence-corrected chi connectivity index (χ1v) is 10.9. The summed E-state index contributed by atoms with van der Waals surface area (Å²) in [5.41, 5.74) is 0.802. The zero-order valence-electron chi connectivity index (χ0n) is 17.7. The number of fused-ring (bicyclic) bond motifs is 3. The molecule has 3 rings (SSSR count). The Bertz CT molecular complexity index is 636. The molecule has 0 radical (unpaired) electrons. The van der Waals surface area contributed by atoms with Crippen molar-refractivity contribution in [2.24, 2.45) is 34.5 Å². The summed E-state index contributed by atoms with van der Waals surface area (Å²) in [7, 11) is 0. The third-order valence-corrected chi connectivity index (χ3v) is 8.80. The molecule has 2 fully saturated rings.